The van der Waals surface area contributed by atoms with E-state index in [4.69, 9.17) is 4.74 Å². The molecule has 1 aromatic carbocycles. The van der Waals surface area contributed by atoms with E-state index >= 15 is 0 Å². The van der Waals surface area contributed by atoms with Gasteiger partial charge in [0.15, 0.2) is 6.61 Å². The number of nitrogens with one attached hydrogen (secondary N) is 1. The van der Waals surface area contributed by atoms with Crippen LogP contribution in [0.1, 0.15) is 22.5 Å². The molecule has 2 aromatic rings. The van der Waals surface area contributed by atoms with Gasteiger partial charge in [-0.15, -0.1) is 0 Å². The molecule has 1 saturated heterocycles. The highest BCUT2D eigenvalue weighted by Crippen LogP contribution is 2.13. The van der Waals surface area contributed by atoms with Crippen molar-refractivity contribution >= 4 is 11.8 Å². The van der Waals surface area contributed by atoms with Gasteiger partial charge in [0.1, 0.15) is 11.4 Å². The largest absolute Gasteiger partial charge is 0.484 e. The van der Waals surface area contributed by atoms with Crippen LogP contribution in [0, 0.1) is 6.92 Å². The molecule has 0 spiro atoms. The number of hydrogen-bond acceptors (Lipinski definition) is 3. The van der Waals surface area contributed by atoms with Crippen LogP contribution in [0.4, 0.5) is 0 Å². The molecular formula is C19H23N3O3. The lowest BCUT2D eigenvalue weighted by Crippen LogP contribution is -2.39. The first kappa shape index (κ1) is 17.1. The number of hydrogen-bond donors (Lipinski definition) is 1. The fourth-order valence-corrected chi connectivity index (χ4v) is 2.95. The standard InChI is InChI=1S/C19H23N3O3/c1-15-5-2-6-16(13-15)25-14-18(23)21-9-4-10-22(12-11-21)19(24)17-7-3-8-20-17/h2-3,5-8,13,20H,4,9-12,14H2,1H3. The molecule has 1 N–H and O–H groups in total. The summed E-state index contributed by atoms with van der Waals surface area (Å²) in [7, 11) is 0. The van der Waals surface area contributed by atoms with E-state index in [1.807, 2.05) is 37.3 Å². The van der Waals surface area contributed by atoms with Crippen LogP contribution >= 0.6 is 0 Å². The third-order valence-corrected chi connectivity index (χ3v) is 4.32. The second-order valence-corrected chi connectivity index (χ2v) is 6.22. The van der Waals surface area contributed by atoms with Gasteiger partial charge < -0.3 is 19.5 Å². The van der Waals surface area contributed by atoms with E-state index in [-0.39, 0.29) is 18.4 Å². The molecule has 3 rings (SSSR count). The molecule has 0 bridgehead atoms. The zero-order chi connectivity index (χ0) is 17.6. The van der Waals surface area contributed by atoms with Gasteiger partial charge in [0.2, 0.25) is 0 Å². The van der Waals surface area contributed by atoms with Gasteiger partial charge in [-0.25, -0.2) is 0 Å². The molecule has 0 aliphatic carbocycles. The highest BCUT2D eigenvalue weighted by molar-refractivity contribution is 5.92. The number of rotatable bonds is 4. The van der Waals surface area contributed by atoms with Crippen molar-refractivity contribution in [1.29, 1.82) is 0 Å². The Kier molecular flexibility index (Phi) is 5.38. The minimum absolute atomic E-state index is 0.0182. The number of nitrogens with zero attached hydrogens (tertiary/aromatic N) is 2. The zero-order valence-corrected chi connectivity index (χ0v) is 14.4. The second kappa shape index (κ2) is 7.88. The van der Waals surface area contributed by atoms with Crippen molar-refractivity contribution in [3.8, 4) is 5.75 Å². The Hall–Kier alpha value is -2.76. The van der Waals surface area contributed by atoms with Gasteiger partial charge in [0, 0.05) is 32.4 Å². The average Bonchev–Trinajstić information content (AvgIpc) is 3.03. The molecule has 1 aliphatic heterocycles. The molecule has 2 amide bonds. The summed E-state index contributed by atoms with van der Waals surface area (Å²) in [4.78, 5) is 31.3. The van der Waals surface area contributed by atoms with E-state index in [9.17, 15) is 9.59 Å². The van der Waals surface area contributed by atoms with Crippen LogP contribution in [0.5, 0.6) is 5.75 Å². The Morgan fingerprint density at radius 2 is 1.88 bits per heavy atom. The minimum Gasteiger partial charge on any atom is -0.484 e. The van der Waals surface area contributed by atoms with Crippen molar-refractivity contribution in [3.63, 3.8) is 0 Å². The summed E-state index contributed by atoms with van der Waals surface area (Å²) in [5, 5.41) is 0. The minimum atomic E-state index is -0.0457. The summed E-state index contributed by atoms with van der Waals surface area (Å²) in [6, 6.07) is 11.2. The van der Waals surface area contributed by atoms with Crippen molar-refractivity contribution in [3.05, 3.63) is 53.9 Å². The van der Waals surface area contributed by atoms with Crippen molar-refractivity contribution in [2.24, 2.45) is 0 Å². The number of H-pyrrole nitrogens is 1. The topological polar surface area (TPSA) is 65.6 Å². The number of ether oxygens (including phenoxy) is 1. The van der Waals surface area contributed by atoms with Gasteiger partial charge in [0.25, 0.3) is 11.8 Å². The molecule has 0 atom stereocenters. The normalized spacial score (nSPS) is 14.9. The molecule has 2 heterocycles. The van der Waals surface area contributed by atoms with Crippen LogP contribution in [0.15, 0.2) is 42.6 Å². The summed E-state index contributed by atoms with van der Waals surface area (Å²) in [5.74, 6) is 0.637. The van der Waals surface area contributed by atoms with Crippen molar-refractivity contribution < 1.29 is 14.3 Å². The van der Waals surface area contributed by atoms with Crippen molar-refractivity contribution in [2.75, 3.05) is 32.8 Å². The van der Waals surface area contributed by atoms with Crippen molar-refractivity contribution in [1.82, 2.24) is 14.8 Å². The van der Waals surface area contributed by atoms with E-state index in [1.54, 1.807) is 22.1 Å². The molecule has 0 radical (unpaired) electrons. The molecule has 0 unspecified atom stereocenters. The van der Waals surface area contributed by atoms with E-state index in [0.29, 0.717) is 37.6 Å². The second-order valence-electron chi connectivity index (χ2n) is 6.22. The first-order valence-electron chi connectivity index (χ1n) is 8.53. The van der Waals surface area contributed by atoms with Gasteiger partial charge in [-0.1, -0.05) is 12.1 Å². The number of aryl methyl sites for hydroxylation is 1. The van der Waals surface area contributed by atoms with Gasteiger partial charge in [0.05, 0.1) is 0 Å². The Morgan fingerprint density at radius 1 is 1.08 bits per heavy atom. The first-order chi connectivity index (χ1) is 12.1. The predicted molar refractivity (Wildman–Crippen MR) is 94.6 cm³/mol. The zero-order valence-electron chi connectivity index (χ0n) is 14.4. The van der Waals surface area contributed by atoms with E-state index in [2.05, 4.69) is 4.98 Å². The highest BCUT2D eigenvalue weighted by atomic mass is 16.5. The smallest absolute Gasteiger partial charge is 0.270 e. The number of carbonyl (C=O) groups excluding carboxylic acids is 2. The third kappa shape index (κ3) is 4.41. The Morgan fingerprint density at radius 3 is 2.64 bits per heavy atom. The van der Waals surface area contributed by atoms with Gasteiger partial charge in [-0.05, 0) is 43.2 Å². The van der Waals surface area contributed by atoms with Crippen LogP contribution in [0.25, 0.3) is 0 Å². The van der Waals surface area contributed by atoms with Crippen LogP contribution < -0.4 is 4.74 Å². The van der Waals surface area contributed by atoms with Crippen LogP contribution in [0.2, 0.25) is 0 Å². The lowest BCUT2D eigenvalue weighted by Gasteiger charge is -2.22. The van der Waals surface area contributed by atoms with Gasteiger partial charge in [-0.2, -0.15) is 0 Å². The average molecular weight is 341 g/mol. The van der Waals surface area contributed by atoms with E-state index in [0.717, 1.165) is 12.0 Å². The number of aromatic amines is 1. The Bertz CT molecular complexity index is 727. The maximum atomic E-state index is 12.4. The van der Waals surface area contributed by atoms with Crippen molar-refractivity contribution in [2.45, 2.75) is 13.3 Å². The fraction of sp³-hybridized carbons (Fsp3) is 0.368. The Labute approximate surface area is 147 Å². The summed E-state index contributed by atoms with van der Waals surface area (Å²) < 4.78 is 5.60. The molecular weight excluding hydrogens is 318 g/mol. The summed E-state index contributed by atoms with van der Waals surface area (Å²) in [5.41, 5.74) is 1.68. The highest BCUT2D eigenvalue weighted by Gasteiger charge is 2.23. The first-order valence-corrected chi connectivity index (χ1v) is 8.53. The van der Waals surface area contributed by atoms with Crippen LogP contribution in [-0.4, -0.2) is 59.4 Å². The van der Waals surface area contributed by atoms with Crippen LogP contribution in [-0.2, 0) is 4.79 Å². The maximum absolute atomic E-state index is 12.4. The van der Waals surface area contributed by atoms with Gasteiger partial charge in [-0.3, -0.25) is 9.59 Å². The van der Waals surface area contributed by atoms with Gasteiger partial charge >= 0.3 is 0 Å². The number of benzene rings is 1. The monoisotopic (exact) mass is 341 g/mol. The van der Waals surface area contributed by atoms with E-state index < -0.39 is 0 Å². The lowest BCUT2D eigenvalue weighted by molar-refractivity contribution is -0.133. The number of carbonyl (C=O) groups is 2. The molecule has 132 valence electrons. The quantitative estimate of drug-likeness (QED) is 0.926. The number of aromatic nitrogens is 1. The molecule has 6 nitrogen and oxygen atoms in total. The summed E-state index contributed by atoms with van der Waals surface area (Å²) >= 11 is 0. The molecule has 1 fully saturated rings. The molecule has 25 heavy (non-hydrogen) atoms. The fourth-order valence-electron chi connectivity index (χ4n) is 2.95. The van der Waals surface area contributed by atoms with E-state index in [1.165, 1.54) is 0 Å². The summed E-state index contributed by atoms with van der Waals surface area (Å²) in [6.45, 7) is 4.37. The molecule has 0 saturated carbocycles. The predicted octanol–water partition coefficient (Wildman–Crippen LogP) is 2.08. The summed E-state index contributed by atoms with van der Waals surface area (Å²) in [6.07, 6.45) is 2.51. The maximum Gasteiger partial charge on any atom is 0.270 e. The molecule has 1 aromatic heterocycles. The number of amides is 2. The SMILES string of the molecule is Cc1cccc(OCC(=O)N2CCCN(C(=O)c3ccc[nH]3)CC2)c1. The Balaban J connectivity index is 1.52. The molecule has 1 aliphatic rings. The van der Waals surface area contributed by atoms with Crippen LogP contribution in [0.3, 0.4) is 0 Å². The lowest BCUT2D eigenvalue weighted by atomic mass is 10.2. The molecule has 6 heteroatoms. The third-order valence-electron chi connectivity index (χ3n) is 4.32.